The van der Waals surface area contributed by atoms with Crippen molar-refractivity contribution in [1.82, 2.24) is 4.57 Å². The van der Waals surface area contributed by atoms with E-state index in [2.05, 4.69) is 98.3 Å². The summed E-state index contributed by atoms with van der Waals surface area (Å²) in [5, 5.41) is 4.63. The number of halogens is 2. The van der Waals surface area contributed by atoms with Crippen LogP contribution in [-0.2, 0) is 17.0 Å². The van der Waals surface area contributed by atoms with Crippen molar-refractivity contribution in [2.45, 2.75) is 38.9 Å². The van der Waals surface area contributed by atoms with Gasteiger partial charge >= 0.3 is 35.6 Å². The van der Waals surface area contributed by atoms with Crippen molar-refractivity contribution >= 4 is 38.1 Å². The number of hydrogen-bond acceptors (Lipinski definition) is 2. The van der Waals surface area contributed by atoms with Gasteiger partial charge in [-0.2, -0.15) is 0 Å². The third-order valence-corrected chi connectivity index (χ3v) is 12.7. The fourth-order valence-electron chi connectivity index (χ4n) is 6.47. The minimum atomic E-state index is -1.57. The van der Waals surface area contributed by atoms with E-state index in [1.54, 1.807) is 5.57 Å². The molecule has 1 saturated heterocycles. The van der Waals surface area contributed by atoms with Crippen molar-refractivity contribution in [3.8, 4) is 0 Å². The van der Waals surface area contributed by atoms with Crippen LogP contribution in [-0.4, -0.2) is 53.1 Å². The van der Waals surface area contributed by atoms with E-state index in [4.69, 9.17) is 18.6 Å². The predicted octanol–water partition coefficient (Wildman–Crippen LogP) is 7.71. The van der Waals surface area contributed by atoms with Crippen LogP contribution in [0.25, 0.3) is 10.9 Å². The molecule has 1 aliphatic heterocycles. The molecule has 7 heteroatoms. The van der Waals surface area contributed by atoms with E-state index in [9.17, 15) is 0 Å². The first-order valence-corrected chi connectivity index (χ1v) is 19.5. The fraction of sp³-hybridized carbons (Fsp3) is 0.593. The van der Waals surface area contributed by atoms with E-state index in [-0.39, 0.29) is 7.43 Å². The third kappa shape index (κ3) is 6.62. The van der Waals surface area contributed by atoms with Crippen LogP contribution in [0, 0.1) is 31.1 Å². The summed E-state index contributed by atoms with van der Waals surface area (Å²) in [7, 11) is 12.4. The number of fused-ring (bicyclic) bond motifs is 1. The molecular formula is C27H43Cl2N3SiTi-2. The molecule has 4 unspecified atom stereocenters. The average molecular weight is 557 g/mol. The Labute approximate surface area is 227 Å². The quantitative estimate of drug-likeness (QED) is 0.274. The Balaban J connectivity index is 0.000000970. The summed E-state index contributed by atoms with van der Waals surface area (Å²) in [6, 6.07) is 9.21. The molecule has 0 bridgehead atoms. The summed E-state index contributed by atoms with van der Waals surface area (Å²) in [6.07, 6.45) is 8.67. The fourth-order valence-corrected chi connectivity index (χ4v) is 11.1. The van der Waals surface area contributed by atoms with Crippen LogP contribution in [0.5, 0.6) is 0 Å². The van der Waals surface area contributed by atoms with Gasteiger partial charge in [0, 0.05) is 19.8 Å². The topological polar surface area (TPSA) is 20.6 Å². The zero-order valence-corrected chi connectivity index (χ0v) is 26.1. The summed E-state index contributed by atoms with van der Waals surface area (Å²) in [5.41, 5.74) is 5.08. The second kappa shape index (κ2) is 13.5. The Kier molecular flexibility index (Phi) is 11.9. The summed E-state index contributed by atoms with van der Waals surface area (Å²) in [5.74, 6) is 2.91. The van der Waals surface area contributed by atoms with E-state index in [0.717, 1.165) is 30.5 Å². The van der Waals surface area contributed by atoms with Gasteiger partial charge < -0.3 is 22.2 Å². The average Bonchev–Trinajstić information content (AvgIpc) is 3.21. The molecule has 1 aromatic carbocycles. The van der Waals surface area contributed by atoms with Gasteiger partial charge in [0.25, 0.3) is 0 Å². The van der Waals surface area contributed by atoms with Gasteiger partial charge in [0.1, 0.15) is 8.24 Å². The summed E-state index contributed by atoms with van der Waals surface area (Å²) < 4.78 is 2.88. The van der Waals surface area contributed by atoms with Crippen molar-refractivity contribution in [2.75, 3.05) is 45.2 Å². The Morgan fingerprint density at radius 1 is 1.09 bits per heavy atom. The summed E-state index contributed by atoms with van der Waals surface area (Å²) >= 11 is -0.556. The van der Waals surface area contributed by atoms with E-state index < -0.39 is 25.3 Å². The number of anilines is 1. The molecule has 0 N–H and O–H groups in total. The van der Waals surface area contributed by atoms with E-state index >= 15 is 0 Å². The van der Waals surface area contributed by atoms with Crippen LogP contribution < -0.4 is 4.90 Å². The summed E-state index contributed by atoms with van der Waals surface area (Å²) in [6.45, 7) is 14.6. The van der Waals surface area contributed by atoms with E-state index in [0.29, 0.717) is 11.8 Å². The molecule has 190 valence electrons. The van der Waals surface area contributed by atoms with Crippen LogP contribution >= 0.6 is 18.6 Å². The van der Waals surface area contributed by atoms with Crippen molar-refractivity contribution in [2.24, 2.45) is 23.7 Å². The monoisotopic (exact) mass is 555 g/mol. The van der Waals surface area contributed by atoms with Gasteiger partial charge in [-0.05, 0) is 72.0 Å². The predicted molar refractivity (Wildman–Crippen MR) is 152 cm³/mol. The molecule has 2 fully saturated rings. The Hall–Kier alpha value is -0.0688. The Morgan fingerprint density at radius 2 is 1.68 bits per heavy atom. The number of hydrogen-bond donors (Lipinski definition) is 0. The van der Waals surface area contributed by atoms with Crippen LogP contribution in [0.15, 0.2) is 42.5 Å². The molecule has 0 radical (unpaired) electrons. The molecule has 3 aliphatic rings. The minimum absolute atomic E-state index is 0. The normalized spacial score (nSPS) is 26.7. The van der Waals surface area contributed by atoms with Gasteiger partial charge in [-0.25, -0.2) is 0 Å². The molecule has 1 heterocycles. The number of piperazine rings is 1. The number of nitrogens with zero attached hydrogens (tertiary/aromatic N) is 3. The van der Waals surface area contributed by atoms with Crippen molar-refractivity contribution in [3.63, 3.8) is 0 Å². The number of allylic oxidation sites excluding steroid dienone is 4. The zero-order chi connectivity index (χ0) is 24.2. The Morgan fingerprint density at radius 3 is 2.21 bits per heavy atom. The number of benzene rings is 1. The second-order valence-electron chi connectivity index (χ2n) is 10.7. The van der Waals surface area contributed by atoms with Crippen molar-refractivity contribution in [3.05, 3.63) is 60.8 Å². The molecule has 0 aromatic heterocycles. The molecule has 1 aromatic rings. The number of rotatable bonds is 5. The van der Waals surface area contributed by atoms with Gasteiger partial charge in [0.05, 0.1) is 0 Å². The van der Waals surface area contributed by atoms with Crippen molar-refractivity contribution in [1.29, 1.82) is 0 Å². The van der Waals surface area contributed by atoms with Gasteiger partial charge in [-0.1, -0.05) is 57.3 Å². The van der Waals surface area contributed by atoms with E-state index in [1.807, 2.05) is 0 Å². The molecule has 2 aliphatic carbocycles. The standard InChI is InChI=1S/C26H40N3Si.CH3.2ClH.Ti/c1-19(2)24-18-25-22(20-10-12-21(13-11-20)28(3)4)8-7-9-23(25)26(24)30(5,6)29-16-14-27-15-17-29;;;;/h7-13,19,23-26H,14-18H2,1-6H3;1H3;2*1H;/q2*-1;;;+2/p-2. The van der Waals surface area contributed by atoms with Crippen LogP contribution in [0.4, 0.5) is 5.69 Å². The molecule has 1 saturated carbocycles. The molecule has 3 nitrogen and oxygen atoms in total. The first kappa shape index (κ1) is 30.2. The second-order valence-corrected chi connectivity index (χ2v) is 17.9. The van der Waals surface area contributed by atoms with Gasteiger partial charge in [0.2, 0.25) is 0 Å². The SMILES string of the molecule is CC(C)C1CC2C(c3ccc(N(C)C)cc3)=CC=CC2C1[Si](C)(C)N1CC[N-]CC1.[CH3-].[Cl][Ti][Cl]. The third-order valence-electron chi connectivity index (χ3n) is 8.14. The van der Waals surface area contributed by atoms with Gasteiger partial charge in [-0.3, -0.25) is 0 Å². The van der Waals surface area contributed by atoms with Crippen LogP contribution in [0.1, 0.15) is 25.8 Å². The molecule has 0 amide bonds. The Bertz CT molecular complexity index is 820. The summed E-state index contributed by atoms with van der Waals surface area (Å²) in [4.78, 5) is 2.18. The molecule has 4 rings (SSSR count). The van der Waals surface area contributed by atoms with Crippen molar-refractivity contribution < 1.29 is 17.0 Å². The zero-order valence-electron chi connectivity index (χ0n) is 22.1. The maximum atomic E-state index is 4.89. The van der Waals surface area contributed by atoms with Crippen LogP contribution in [0.2, 0.25) is 18.6 Å². The molecule has 0 spiro atoms. The van der Waals surface area contributed by atoms with Crippen LogP contribution in [0.3, 0.4) is 0 Å². The first-order valence-electron chi connectivity index (χ1n) is 12.2. The molecule has 4 atom stereocenters. The molecular weight excluding hydrogens is 513 g/mol. The van der Waals surface area contributed by atoms with E-state index in [1.165, 1.54) is 30.8 Å². The molecule has 34 heavy (non-hydrogen) atoms. The maximum absolute atomic E-state index is 4.89. The first-order chi connectivity index (χ1) is 15.7. The van der Waals surface area contributed by atoms with Gasteiger partial charge in [0.15, 0.2) is 0 Å². The van der Waals surface area contributed by atoms with Gasteiger partial charge in [-0.15, -0.1) is 13.1 Å².